The number of hydrogen-bond acceptors (Lipinski definition) is 2. The molecule has 4 aromatic rings. The van der Waals surface area contributed by atoms with Gasteiger partial charge in [0.1, 0.15) is 6.29 Å². The van der Waals surface area contributed by atoms with E-state index in [1.807, 2.05) is 72.8 Å². The fourth-order valence-corrected chi connectivity index (χ4v) is 4.09. The van der Waals surface area contributed by atoms with Crippen molar-refractivity contribution in [1.82, 2.24) is 5.32 Å². The summed E-state index contributed by atoms with van der Waals surface area (Å²) in [5.41, 5.74) is 3.78. The highest BCUT2D eigenvalue weighted by molar-refractivity contribution is 5.61. The second-order valence-electron chi connectivity index (χ2n) is 7.42. The number of hydrogen-bond donors (Lipinski definition) is 1. The van der Waals surface area contributed by atoms with Crippen molar-refractivity contribution in [2.75, 3.05) is 0 Å². The number of nitrogens with one attached hydrogen (secondary N) is 1. The van der Waals surface area contributed by atoms with Gasteiger partial charge in [-0.2, -0.15) is 0 Å². The van der Waals surface area contributed by atoms with E-state index in [0.29, 0.717) is 6.42 Å². The van der Waals surface area contributed by atoms with E-state index < -0.39 is 5.54 Å². The first kappa shape index (κ1) is 19.8. The SMILES string of the molecule is O=C[C@@H](Cc1ccccc1)NC(c1ccccc1)(c1ccccc1)c1ccccc1. The third-order valence-electron chi connectivity index (χ3n) is 5.49. The van der Waals surface area contributed by atoms with Crippen LogP contribution in [-0.4, -0.2) is 12.3 Å². The number of aldehydes is 1. The molecule has 148 valence electrons. The monoisotopic (exact) mass is 391 g/mol. The highest BCUT2D eigenvalue weighted by Gasteiger charge is 2.37. The van der Waals surface area contributed by atoms with Gasteiger partial charge in [-0.15, -0.1) is 0 Å². The quantitative estimate of drug-likeness (QED) is 0.323. The number of carbonyl (C=O) groups is 1. The zero-order chi connectivity index (χ0) is 20.7. The Bertz CT molecular complexity index is 950. The van der Waals surface area contributed by atoms with E-state index in [1.165, 1.54) is 0 Å². The summed E-state index contributed by atoms with van der Waals surface area (Å²) in [6, 6.07) is 40.9. The maximum Gasteiger partial charge on any atom is 0.137 e. The van der Waals surface area contributed by atoms with Crippen molar-refractivity contribution >= 4 is 6.29 Å². The van der Waals surface area contributed by atoms with Crippen LogP contribution >= 0.6 is 0 Å². The van der Waals surface area contributed by atoms with Gasteiger partial charge in [-0.05, 0) is 28.7 Å². The topological polar surface area (TPSA) is 29.1 Å². The summed E-state index contributed by atoms with van der Waals surface area (Å²) in [6.45, 7) is 0. The zero-order valence-electron chi connectivity index (χ0n) is 16.8. The molecule has 30 heavy (non-hydrogen) atoms. The van der Waals surface area contributed by atoms with E-state index in [0.717, 1.165) is 28.5 Å². The van der Waals surface area contributed by atoms with Crippen molar-refractivity contribution in [3.8, 4) is 0 Å². The Morgan fingerprint density at radius 3 is 1.33 bits per heavy atom. The molecule has 2 heteroatoms. The molecule has 0 fully saturated rings. The van der Waals surface area contributed by atoms with E-state index in [9.17, 15) is 4.79 Å². The molecule has 0 saturated carbocycles. The number of benzene rings is 4. The van der Waals surface area contributed by atoms with Crippen molar-refractivity contribution in [2.45, 2.75) is 18.0 Å². The normalized spacial score (nSPS) is 12.3. The molecule has 0 aliphatic rings. The van der Waals surface area contributed by atoms with Gasteiger partial charge in [0.05, 0.1) is 11.6 Å². The average molecular weight is 392 g/mol. The molecular formula is C28H25NO. The second-order valence-corrected chi connectivity index (χ2v) is 7.42. The first-order valence-corrected chi connectivity index (χ1v) is 10.3. The molecule has 0 aromatic heterocycles. The molecular weight excluding hydrogens is 366 g/mol. The van der Waals surface area contributed by atoms with Crippen LogP contribution in [0.1, 0.15) is 22.3 Å². The summed E-state index contributed by atoms with van der Waals surface area (Å²) in [4.78, 5) is 12.2. The summed E-state index contributed by atoms with van der Waals surface area (Å²) in [6.07, 6.45) is 1.65. The van der Waals surface area contributed by atoms with Crippen molar-refractivity contribution in [3.63, 3.8) is 0 Å². The van der Waals surface area contributed by atoms with Gasteiger partial charge in [0, 0.05) is 0 Å². The maximum atomic E-state index is 12.2. The molecule has 0 unspecified atom stereocenters. The fourth-order valence-electron chi connectivity index (χ4n) is 4.09. The minimum Gasteiger partial charge on any atom is -0.302 e. The molecule has 0 heterocycles. The molecule has 0 amide bonds. The minimum atomic E-state index is -0.649. The molecule has 4 rings (SSSR count). The lowest BCUT2D eigenvalue weighted by Gasteiger charge is -2.39. The van der Waals surface area contributed by atoms with Crippen molar-refractivity contribution in [1.29, 1.82) is 0 Å². The number of rotatable bonds is 8. The molecule has 0 radical (unpaired) electrons. The van der Waals surface area contributed by atoms with Crippen LogP contribution in [0.5, 0.6) is 0 Å². The van der Waals surface area contributed by atoms with Crippen LogP contribution in [0.4, 0.5) is 0 Å². The molecule has 0 aliphatic heterocycles. The van der Waals surface area contributed by atoms with E-state index in [4.69, 9.17) is 0 Å². The van der Waals surface area contributed by atoms with E-state index in [1.54, 1.807) is 0 Å². The van der Waals surface area contributed by atoms with Crippen LogP contribution in [0.3, 0.4) is 0 Å². The Labute approximate surface area is 178 Å². The minimum absolute atomic E-state index is 0.354. The lowest BCUT2D eigenvalue weighted by Crippen LogP contribution is -2.51. The van der Waals surface area contributed by atoms with Crippen LogP contribution in [0, 0.1) is 0 Å². The van der Waals surface area contributed by atoms with Crippen LogP contribution in [0.15, 0.2) is 121 Å². The largest absolute Gasteiger partial charge is 0.302 e. The lowest BCUT2D eigenvalue weighted by molar-refractivity contribution is -0.109. The summed E-state index contributed by atoms with van der Waals surface area (Å²) >= 11 is 0. The fraction of sp³-hybridized carbons (Fsp3) is 0.107. The third kappa shape index (κ3) is 4.10. The highest BCUT2D eigenvalue weighted by Crippen LogP contribution is 2.37. The predicted octanol–water partition coefficient (Wildman–Crippen LogP) is 5.38. The first-order chi connectivity index (χ1) is 14.8. The molecule has 1 N–H and O–H groups in total. The summed E-state index contributed by atoms with van der Waals surface area (Å²) in [5.74, 6) is 0. The van der Waals surface area contributed by atoms with Crippen LogP contribution < -0.4 is 5.32 Å². The molecule has 2 nitrogen and oxygen atoms in total. The number of carbonyl (C=O) groups excluding carboxylic acids is 1. The molecule has 0 spiro atoms. The molecule has 0 aliphatic carbocycles. The van der Waals surface area contributed by atoms with E-state index in [2.05, 4.69) is 53.8 Å². The standard InChI is InChI=1S/C28H25NO/c30-22-27(21-23-13-5-1-6-14-23)29-28(24-15-7-2-8-16-24,25-17-9-3-10-18-25)26-19-11-4-12-20-26/h1-20,22,27,29H,21H2/t27-/m1/s1. The third-order valence-corrected chi connectivity index (χ3v) is 5.49. The van der Waals surface area contributed by atoms with Gasteiger partial charge in [-0.3, -0.25) is 5.32 Å². The molecule has 1 atom stereocenters. The van der Waals surface area contributed by atoms with Gasteiger partial charge in [-0.1, -0.05) is 121 Å². The summed E-state index contributed by atoms with van der Waals surface area (Å²) in [7, 11) is 0. The predicted molar refractivity (Wildman–Crippen MR) is 122 cm³/mol. The Hall–Kier alpha value is -3.49. The van der Waals surface area contributed by atoms with Crippen LogP contribution in [0.2, 0.25) is 0 Å². The van der Waals surface area contributed by atoms with Crippen LogP contribution in [0.25, 0.3) is 0 Å². The summed E-state index contributed by atoms with van der Waals surface area (Å²) < 4.78 is 0. The average Bonchev–Trinajstić information content (AvgIpc) is 2.84. The van der Waals surface area contributed by atoms with Gasteiger partial charge in [0.25, 0.3) is 0 Å². The first-order valence-electron chi connectivity index (χ1n) is 10.3. The van der Waals surface area contributed by atoms with Crippen molar-refractivity contribution < 1.29 is 4.79 Å². The van der Waals surface area contributed by atoms with Gasteiger partial charge in [0.15, 0.2) is 0 Å². The van der Waals surface area contributed by atoms with Crippen molar-refractivity contribution in [3.05, 3.63) is 144 Å². The second kappa shape index (κ2) is 9.34. The molecule has 0 saturated heterocycles. The Kier molecular flexibility index (Phi) is 6.17. The molecule has 0 bridgehead atoms. The van der Waals surface area contributed by atoms with Gasteiger partial charge >= 0.3 is 0 Å². The Balaban J connectivity index is 1.87. The maximum absolute atomic E-state index is 12.2. The summed E-state index contributed by atoms with van der Waals surface area (Å²) in [5, 5.41) is 3.75. The van der Waals surface area contributed by atoms with Gasteiger partial charge in [0.2, 0.25) is 0 Å². The van der Waals surface area contributed by atoms with Gasteiger partial charge < -0.3 is 4.79 Å². The van der Waals surface area contributed by atoms with Crippen LogP contribution in [-0.2, 0) is 16.8 Å². The van der Waals surface area contributed by atoms with E-state index >= 15 is 0 Å². The smallest absolute Gasteiger partial charge is 0.137 e. The zero-order valence-corrected chi connectivity index (χ0v) is 16.8. The highest BCUT2D eigenvalue weighted by atomic mass is 16.1. The lowest BCUT2D eigenvalue weighted by atomic mass is 9.76. The van der Waals surface area contributed by atoms with Crippen molar-refractivity contribution in [2.24, 2.45) is 0 Å². The molecule has 4 aromatic carbocycles. The van der Waals surface area contributed by atoms with E-state index in [-0.39, 0.29) is 6.04 Å². The Morgan fingerprint density at radius 2 is 0.967 bits per heavy atom. The van der Waals surface area contributed by atoms with Gasteiger partial charge in [-0.25, -0.2) is 0 Å². The Morgan fingerprint density at radius 1 is 0.600 bits per heavy atom.